The Morgan fingerprint density at radius 1 is 1.30 bits per heavy atom. The monoisotopic (exact) mass is 277 g/mol. The van der Waals surface area contributed by atoms with Crippen LogP contribution in [0.3, 0.4) is 0 Å². The van der Waals surface area contributed by atoms with Crippen LogP contribution in [0.4, 0.5) is 5.69 Å². The van der Waals surface area contributed by atoms with E-state index in [0.29, 0.717) is 19.5 Å². The van der Waals surface area contributed by atoms with E-state index < -0.39 is 0 Å². The molecule has 1 aliphatic rings. The Kier molecular flexibility index (Phi) is 5.49. The van der Waals surface area contributed by atoms with Crippen LogP contribution in [0, 0.1) is 0 Å². The highest BCUT2D eigenvalue weighted by Gasteiger charge is 2.21. The molecule has 0 saturated carbocycles. The molecular formula is C15H23N3O2. The minimum absolute atomic E-state index is 0.135. The first-order valence-electron chi connectivity index (χ1n) is 7.33. The van der Waals surface area contributed by atoms with Crippen molar-refractivity contribution in [3.8, 4) is 0 Å². The van der Waals surface area contributed by atoms with Crippen molar-refractivity contribution in [1.82, 2.24) is 9.88 Å². The lowest BCUT2D eigenvalue weighted by Gasteiger charge is -2.21. The minimum atomic E-state index is 0.135. The quantitative estimate of drug-likeness (QED) is 0.874. The van der Waals surface area contributed by atoms with Crippen molar-refractivity contribution in [3.05, 3.63) is 24.0 Å². The van der Waals surface area contributed by atoms with Crippen LogP contribution in [0.25, 0.3) is 0 Å². The molecular weight excluding hydrogens is 254 g/mol. The first-order valence-corrected chi connectivity index (χ1v) is 7.33. The van der Waals surface area contributed by atoms with E-state index in [1.165, 1.54) is 0 Å². The van der Waals surface area contributed by atoms with Gasteiger partial charge in [-0.2, -0.15) is 0 Å². The number of aromatic nitrogens is 1. The fourth-order valence-electron chi connectivity index (χ4n) is 2.49. The summed E-state index contributed by atoms with van der Waals surface area (Å²) in [5, 5.41) is 8.99. The molecule has 1 aromatic rings. The van der Waals surface area contributed by atoms with Gasteiger partial charge >= 0.3 is 0 Å². The number of hydrogen-bond donors (Lipinski definition) is 1. The van der Waals surface area contributed by atoms with Crippen molar-refractivity contribution in [1.29, 1.82) is 0 Å². The van der Waals surface area contributed by atoms with Gasteiger partial charge in [-0.3, -0.25) is 14.7 Å². The van der Waals surface area contributed by atoms with Crippen LogP contribution < -0.4 is 4.90 Å². The molecule has 0 aromatic carbocycles. The number of hydrogen-bond acceptors (Lipinski definition) is 4. The maximum atomic E-state index is 12.2. The standard InChI is InChI=1S/C15H23N3O2/c1-2-3-13-4-5-14(12-16-13)18-9-8-17(10-11-19)7-6-15(18)20/h4-5,12,19H,2-3,6-11H2,1H3. The second-order valence-electron chi connectivity index (χ2n) is 5.12. The molecule has 1 aliphatic heterocycles. The summed E-state index contributed by atoms with van der Waals surface area (Å²) in [6.07, 6.45) is 4.34. The third-order valence-electron chi connectivity index (χ3n) is 3.63. The zero-order chi connectivity index (χ0) is 14.4. The topological polar surface area (TPSA) is 56.7 Å². The summed E-state index contributed by atoms with van der Waals surface area (Å²) in [5.74, 6) is 0.135. The molecule has 0 aliphatic carbocycles. The Morgan fingerprint density at radius 3 is 2.80 bits per heavy atom. The van der Waals surface area contributed by atoms with Crippen molar-refractivity contribution >= 4 is 11.6 Å². The molecule has 0 bridgehead atoms. The molecule has 1 saturated heterocycles. The number of anilines is 1. The summed E-state index contributed by atoms with van der Waals surface area (Å²) in [4.78, 5) is 20.5. The molecule has 1 fully saturated rings. The first-order chi connectivity index (χ1) is 9.74. The Balaban J connectivity index is 2.04. The van der Waals surface area contributed by atoms with Crippen molar-refractivity contribution in [2.24, 2.45) is 0 Å². The fourth-order valence-corrected chi connectivity index (χ4v) is 2.49. The van der Waals surface area contributed by atoms with Gasteiger partial charge in [-0.1, -0.05) is 13.3 Å². The first kappa shape index (κ1) is 14.9. The van der Waals surface area contributed by atoms with Gasteiger partial charge in [-0.05, 0) is 18.6 Å². The molecule has 110 valence electrons. The number of aryl methyl sites for hydroxylation is 1. The molecule has 0 spiro atoms. The lowest BCUT2D eigenvalue weighted by molar-refractivity contribution is -0.118. The maximum Gasteiger partial charge on any atom is 0.228 e. The Morgan fingerprint density at radius 2 is 2.15 bits per heavy atom. The van der Waals surface area contributed by atoms with Gasteiger partial charge in [0.1, 0.15) is 0 Å². The molecule has 2 heterocycles. The average Bonchev–Trinajstić information content (AvgIpc) is 2.63. The van der Waals surface area contributed by atoms with E-state index in [1.54, 1.807) is 11.1 Å². The summed E-state index contributed by atoms with van der Waals surface area (Å²) in [5.41, 5.74) is 1.95. The second kappa shape index (κ2) is 7.36. The van der Waals surface area contributed by atoms with Gasteiger partial charge in [0.25, 0.3) is 0 Å². The normalized spacial score (nSPS) is 17.3. The van der Waals surface area contributed by atoms with Gasteiger partial charge in [0.15, 0.2) is 0 Å². The highest BCUT2D eigenvalue weighted by molar-refractivity contribution is 5.93. The van der Waals surface area contributed by atoms with Gasteiger partial charge in [-0.25, -0.2) is 0 Å². The molecule has 0 unspecified atom stereocenters. The van der Waals surface area contributed by atoms with E-state index in [0.717, 1.165) is 37.3 Å². The Hall–Kier alpha value is -1.46. The predicted octanol–water partition coefficient (Wildman–Crippen LogP) is 1.07. The molecule has 2 rings (SSSR count). The smallest absolute Gasteiger partial charge is 0.228 e. The number of aliphatic hydroxyl groups excluding tert-OH is 1. The summed E-state index contributed by atoms with van der Waals surface area (Å²) in [7, 11) is 0. The number of aliphatic hydroxyl groups is 1. The third kappa shape index (κ3) is 3.77. The molecule has 20 heavy (non-hydrogen) atoms. The Bertz CT molecular complexity index is 433. The van der Waals surface area contributed by atoms with Gasteiger partial charge < -0.3 is 10.0 Å². The highest BCUT2D eigenvalue weighted by atomic mass is 16.3. The largest absolute Gasteiger partial charge is 0.395 e. The van der Waals surface area contributed by atoms with E-state index in [2.05, 4.69) is 16.8 Å². The van der Waals surface area contributed by atoms with E-state index in [1.807, 2.05) is 12.1 Å². The lowest BCUT2D eigenvalue weighted by Crippen LogP contribution is -2.34. The van der Waals surface area contributed by atoms with Crippen LogP contribution in [0.15, 0.2) is 18.3 Å². The number of amides is 1. The number of carbonyl (C=O) groups is 1. The van der Waals surface area contributed by atoms with Crippen molar-refractivity contribution in [2.45, 2.75) is 26.2 Å². The summed E-state index contributed by atoms with van der Waals surface area (Å²) in [6, 6.07) is 3.99. The number of rotatable bonds is 5. The van der Waals surface area contributed by atoms with Crippen LogP contribution in [0.1, 0.15) is 25.5 Å². The van der Waals surface area contributed by atoms with E-state index in [4.69, 9.17) is 5.11 Å². The number of nitrogens with zero attached hydrogens (tertiary/aromatic N) is 3. The van der Waals surface area contributed by atoms with Gasteiger partial charge in [0, 0.05) is 38.3 Å². The second-order valence-corrected chi connectivity index (χ2v) is 5.12. The molecule has 0 radical (unpaired) electrons. The third-order valence-corrected chi connectivity index (χ3v) is 3.63. The van der Waals surface area contributed by atoms with Crippen LogP contribution in [0.5, 0.6) is 0 Å². The zero-order valence-corrected chi connectivity index (χ0v) is 12.1. The zero-order valence-electron chi connectivity index (χ0n) is 12.1. The number of pyridine rings is 1. The van der Waals surface area contributed by atoms with Crippen molar-refractivity contribution in [3.63, 3.8) is 0 Å². The summed E-state index contributed by atoms with van der Waals surface area (Å²) in [6.45, 7) is 5.08. The van der Waals surface area contributed by atoms with Crippen LogP contribution >= 0.6 is 0 Å². The SMILES string of the molecule is CCCc1ccc(N2CCN(CCO)CCC2=O)cn1. The van der Waals surface area contributed by atoms with E-state index >= 15 is 0 Å². The molecule has 5 nitrogen and oxygen atoms in total. The molecule has 1 N–H and O–H groups in total. The van der Waals surface area contributed by atoms with E-state index in [-0.39, 0.29) is 12.5 Å². The van der Waals surface area contributed by atoms with E-state index in [9.17, 15) is 4.79 Å². The molecule has 1 amide bonds. The maximum absolute atomic E-state index is 12.2. The van der Waals surface area contributed by atoms with Crippen molar-refractivity contribution < 1.29 is 9.90 Å². The van der Waals surface area contributed by atoms with Gasteiger partial charge in [0.2, 0.25) is 5.91 Å². The molecule has 1 aromatic heterocycles. The summed E-state index contributed by atoms with van der Waals surface area (Å²) >= 11 is 0. The number of carbonyl (C=O) groups excluding carboxylic acids is 1. The molecule has 0 atom stereocenters. The molecule has 5 heteroatoms. The minimum Gasteiger partial charge on any atom is -0.395 e. The van der Waals surface area contributed by atoms with Crippen LogP contribution in [0.2, 0.25) is 0 Å². The average molecular weight is 277 g/mol. The predicted molar refractivity (Wildman–Crippen MR) is 78.7 cm³/mol. The summed E-state index contributed by atoms with van der Waals surface area (Å²) < 4.78 is 0. The Labute approximate surface area is 120 Å². The number of β-amino-alcohol motifs (C(OH)–C–C–N with tert-alkyl or cyclic N) is 1. The van der Waals surface area contributed by atoms with Crippen LogP contribution in [-0.2, 0) is 11.2 Å². The van der Waals surface area contributed by atoms with Crippen molar-refractivity contribution in [2.75, 3.05) is 37.7 Å². The lowest BCUT2D eigenvalue weighted by atomic mass is 10.2. The highest BCUT2D eigenvalue weighted by Crippen LogP contribution is 2.17. The van der Waals surface area contributed by atoms with Gasteiger partial charge in [-0.15, -0.1) is 0 Å². The van der Waals surface area contributed by atoms with Gasteiger partial charge in [0.05, 0.1) is 18.5 Å². The fraction of sp³-hybridized carbons (Fsp3) is 0.600. The van der Waals surface area contributed by atoms with Crippen LogP contribution in [-0.4, -0.2) is 53.7 Å².